The fourth-order valence-corrected chi connectivity index (χ4v) is 2.02. The molecule has 4 nitrogen and oxygen atoms in total. The molecule has 0 unspecified atom stereocenters. The van der Waals surface area contributed by atoms with Gasteiger partial charge in [-0.05, 0) is 16.8 Å². The summed E-state index contributed by atoms with van der Waals surface area (Å²) in [7, 11) is 0. The van der Waals surface area contributed by atoms with Crippen molar-refractivity contribution in [1.82, 2.24) is 0 Å². The molecule has 4 heteroatoms. The van der Waals surface area contributed by atoms with Gasteiger partial charge in [-0.1, -0.05) is 30.3 Å². The van der Waals surface area contributed by atoms with Crippen molar-refractivity contribution in [2.24, 2.45) is 0 Å². The number of carboxylic acids is 1. The van der Waals surface area contributed by atoms with E-state index in [0.717, 1.165) is 10.8 Å². The number of carboxylic acid groups (broad SMARTS) is 1. The number of carbonyl (C=O) groups excluding carboxylic acids is 1. The molecule has 0 radical (unpaired) electrons. The van der Waals surface area contributed by atoms with Gasteiger partial charge in [0, 0.05) is 12.4 Å². The van der Waals surface area contributed by atoms with E-state index in [1.54, 1.807) is 12.1 Å². The number of quaternary nitrogens is 1. The Morgan fingerprint density at radius 1 is 1.29 bits per heavy atom. The zero-order valence-electron chi connectivity index (χ0n) is 9.22. The molecule has 0 saturated carbocycles. The third-order valence-corrected chi connectivity index (χ3v) is 2.77. The molecule has 0 fully saturated rings. The van der Waals surface area contributed by atoms with Crippen molar-refractivity contribution in [3.05, 3.63) is 42.0 Å². The highest BCUT2D eigenvalue weighted by Gasteiger charge is 2.17. The fourth-order valence-electron chi connectivity index (χ4n) is 2.02. The molecule has 4 N–H and O–H groups in total. The van der Waals surface area contributed by atoms with Gasteiger partial charge in [0.05, 0.1) is 5.56 Å². The summed E-state index contributed by atoms with van der Waals surface area (Å²) in [5, 5.41) is 22.2. The zero-order valence-corrected chi connectivity index (χ0v) is 9.22. The molecule has 2 aromatic carbocycles. The standard InChI is InChI=1S/C13H13NO3/c14-10(7-12(16)17)13-9-4-2-1-3-8(9)5-6-11(13)15/h1-6,10,15H,7,14H2,(H,16,17)/t10-/m0/s1. The average molecular weight is 231 g/mol. The van der Waals surface area contributed by atoms with Gasteiger partial charge in [-0.25, -0.2) is 0 Å². The maximum absolute atomic E-state index is 10.6. The summed E-state index contributed by atoms with van der Waals surface area (Å²) in [6.45, 7) is 0. The van der Waals surface area contributed by atoms with E-state index in [2.05, 4.69) is 5.73 Å². The lowest BCUT2D eigenvalue weighted by Crippen LogP contribution is -2.55. The minimum absolute atomic E-state index is 0.0740. The van der Waals surface area contributed by atoms with Crippen LogP contribution in [0.2, 0.25) is 0 Å². The summed E-state index contributed by atoms with van der Waals surface area (Å²) in [5.41, 5.74) is 4.34. The van der Waals surface area contributed by atoms with Crippen LogP contribution >= 0.6 is 0 Å². The van der Waals surface area contributed by atoms with Crippen LogP contribution < -0.4 is 10.8 Å². The predicted octanol–water partition coefficient (Wildman–Crippen LogP) is -0.0316. The van der Waals surface area contributed by atoms with Gasteiger partial charge in [-0.3, -0.25) is 0 Å². The summed E-state index contributed by atoms with van der Waals surface area (Å²) >= 11 is 0. The molecule has 0 aliphatic heterocycles. The Morgan fingerprint density at radius 3 is 2.71 bits per heavy atom. The van der Waals surface area contributed by atoms with Gasteiger partial charge in [0.15, 0.2) is 0 Å². The van der Waals surface area contributed by atoms with Gasteiger partial charge in [0.25, 0.3) is 0 Å². The number of aromatic hydroxyl groups is 1. The number of phenols is 1. The third-order valence-electron chi connectivity index (χ3n) is 2.77. The van der Waals surface area contributed by atoms with Crippen molar-refractivity contribution < 1.29 is 20.7 Å². The number of phenolic OH excluding ortho intramolecular Hbond substituents is 1. The number of aliphatic carboxylic acids is 1. The summed E-state index contributed by atoms with van der Waals surface area (Å²) in [5.74, 6) is -1.10. The molecule has 2 aromatic rings. The van der Waals surface area contributed by atoms with Crippen LogP contribution in [0.25, 0.3) is 10.8 Å². The minimum atomic E-state index is -1.17. The molecule has 0 saturated heterocycles. The van der Waals surface area contributed by atoms with Crippen LogP contribution in [0.3, 0.4) is 0 Å². The highest BCUT2D eigenvalue weighted by Crippen LogP contribution is 2.31. The van der Waals surface area contributed by atoms with E-state index in [1.807, 2.05) is 24.3 Å². The fraction of sp³-hybridized carbons (Fsp3) is 0.154. The van der Waals surface area contributed by atoms with E-state index in [9.17, 15) is 15.0 Å². The number of rotatable bonds is 3. The number of benzene rings is 2. The molecule has 0 amide bonds. The van der Waals surface area contributed by atoms with Gasteiger partial charge >= 0.3 is 0 Å². The minimum Gasteiger partial charge on any atom is -0.550 e. The van der Waals surface area contributed by atoms with Gasteiger partial charge in [0.1, 0.15) is 11.8 Å². The van der Waals surface area contributed by atoms with Crippen LogP contribution in [-0.4, -0.2) is 11.1 Å². The van der Waals surface area contributed by atoms with Crippen molar-refractivity contribution in [2.45, 2.75) is 12.5 Å². The van der Waals surface area contributed by atoms with Crippen LogP contribution in [-0.2, 0) is 4.79 Å². The Hall–Kier alpha value is -2.07. The van der Waals surface area contributed by atoms with Crippen molar-refractivity contribution in [3.8, 4) is 5.75 Å². The van der Waals surface area contributed by atoms with Crippen molar-refractivity contribution in [3.63, 3.8) is 0 Å². The van der Waals surface area contributed by atoms with E-state index in [-0.39, 0.29) is 12.2 Å². The highest BCUT2D eigenvalue weighted by atomic mass is 16.4. The summed E-state index contributed by atoms with van der Waals surface area (Å²) in [6.07, 6.45) is -0.207. The Labute approximate surface area is 98.3 Å². The van der Waals surface area contributed by atoms with E-state index < -0.39 is 12.0 Å². The van der Waals surface area contributed by atoms with Crippen molar-refractivity contribution in [1.29, 1.82) is 0 Å². The maximum atomic E-state index is 10.6. The first-order chi connectivity index (χ1) is 8.09. The molecule has 2 rings (SSSR count). The lowest BCUT2D eigenvalue weighted by atomic mass is 9.96. The highest BCUT2D eigenvalue weighted by molar-refractivity contribution is 5.88. The topological polar surface area (TPSA) is 88.0 Å². The largest absolute Gasteiger partial charge is 0.550 e. The first-order valence-corrected chi connectivity index (χ1v) is 5.33. The van der Waals surface area contributed by atoms with E-state index >= 15 is 0 Å². The molecule has 0 aliphatic rings. The Bertz CT molecular complexity index is 566. The normalized spacial score (nSPS) is 12.5. The summed E-state index contributed by atoms with van der Waals surface area (Å²) in [6, 6.07) is 10.3. The van der Waals surface area contributed by atoms with Crippen LogP contribution in [0.15, 0.2) is 36.4 Å². The quantitative estimate of drug-likeness (QED) is 0.777. The Balaban J connectivity index is 2.58. The molecule has 0 bridgehead atoms. The second-order valence-electron chi connectivity index (χ2n) is 3.99. The monoisotopic (exact) mass is 231 g/mol. The number of carbonyl (C=O) groups is 1. The molecule has 0 spiro atoms. The molecule has 0 aromatic heterocycles. The number of hydrogen-bond donors (Lipinski definition) is 2. The second kappa shape index (κ2) is 4.43. The smallest absolute Gasteiger partial charge is 0.125 e. The lowest BCUT2D eigenvalue weighted by Gasteiger charge is -2.14. The van der Waals surface area contributed by atoms with Crippen LogP contribution in [0.1, 0.15) is 18.0 Å². The summed E-state index contributed by atoms with van der Waals surface area (Å²) in [4.78, 5) is 10.6. The summed E-state index contributed by atoms with van der Waals surface area (Å²) < 4.78 is 0. The number of hydrogen-bond acceptors (Lipinski definition) is 3. The Kier molecular flexibility index (Phi) is 2.97. The molecule has 0 aliphatic carbocycles. The van der Waals surface area contributed by atoms with Crippen LogP contribution in [0.5, 0.6) is 5.75 Å². The van der Waals surface area contributed by atoms with Crippen molar-refractivity contribution >= 4 is 16.7 Å². The van der Waals surface area contributed by atoms with E-state index in [1.165, 1.54) is 0 Å². The zero-order chi connectivity index (χ0) is 12.4. The molecule has 17 heavy (non-hydrogen) atoms. The Morgan fingerprint density at radius 2 is 2.00 bits per heavy atom. The van der Waals surface area contributed by atoms with Gasteiger partial charge in [-0.2, -0.15) is 0 Å². The first-order valence-electron chi connectivity index (χ1n) is 5.33. The molecular weight excluding hydrogens is 218 g/mol. The molecular formula is C13H13NO3. The van der Waals surface area contributed by atoms with Crippen molar-refractivity contribution in [2.75, 3.05) is 0 Å². The predicted molar refractivity (Wildman–Crippen MR) is 60.9 cm³/mol. The number of fused-ring (bicyclic) bond motifs is 1. The van der Waals surface area contributed by atoms with Gasteiger partial charge < -0.3 is 20.7 Å². The molecule has 1 atom stereocenters. The molecule has 0 heterocycles. The van der Waals surface area contributed by atoms with Gasteiger partial charge in [0.2, 0.25) is 0 Å². The second-order valence-corrected chi connectivity index (χ2v) is 3.99. The van der Waals surface area contributed by atoms with E-state index in [4.69, 9.17) is 0 Å². The SMILES string of the molecule is [NH3+][C@@H](CC(=O)[O-])c1c(O)ccc2ccccc12. The first kappa shape index (κ1) is 11.4. The third kappa shape index (κ3) is 2.21. The average Bonchev–Trinajstić information content (AvgIpc) is 2.27. The van der Waals surface area contributed by atoms with Gasteiger partial charge in [-0.15, -0.1) is 0 Å². The molecule has 88 valence electrons. The van der Waals surface area contributed by atoms with E-state index in [0.29, 0.717) is 5.56 Å². The maximum Gasteiger partial charge on any atom is 0.125 e. The van der Waals surface area contributed by atoms with Crippen LogP contribution in [0, 0.1) is 0 Å². The lowest BCUT2D eigenvalue weighted by molar-refractivity contribution is -0.430. The van der Waals surface area contributed by atoms with Crippen LogP contribution in [0.4, 0.5) is 0 Å².